The number of aromatic nitrogens is 2. The highest BCUT2D eigenvalue weighted by atomic mass is 79.9. The molecule has 0 bridgehead atoms. The Morgan fingerprint density at radius 1 is 1.47 bits per heavy atom. The highest BCUT2D eigenvalue weighted by Crippen LogP contribution is 2.15. The van der Waals surface area contributed by atoms with E-state index in [1.807, 2.05) is 19.1 Å². The first-order chi connectivity index (χ1) is 7.13. The largest absolute Gasteiger partial charge is 0.299 e. The van der Waals surface area contributed by atoms with E-state index in [1.165, 1.54) is 0 Å². The molecule has 0 unspecified atom stereocenters. The van der Waals surface area contributed by atoms with Gasteiger partial charge in [0.1, 0.15) is 5.82 Å². The molecule has 0 radical (unpaired) electrons. The van der Waals surface area contributed by atoms with Gasteiger partial charge in [0, 0.05) is 17.9 Å². The molecule has 0 spiro atoms. The molecule has 1 heterocycles. The van der Waals surface area contributed by atoms with E-state index in [0.29, 0.717) is 5.39 Å². The monoisotopic (exact) mass is 266 g/mol. The maximum atomic E-state index is 11.9. The number of fused-ring (bicyclic) bond motifs is 1. The minimum absolute atomic E-state index is 0.0179. The molecule has 0 aliphatic carbocycles. The van der Waals surface area contributed by atoms with Gasteiger partial charge in [-0.15, -0.1) is 0 Å². The van der Waals surface area contributed by atoms with Gasteiger partial charge in [-0.1, -0.05) is 22.9 Å². The molecule has 1 aromatic carbocycles. The topological polar surface area (TPSA) is 34.9 Å². The van der Waals surface area contributed by atoms with Crippen molar-refractivity contribution in [1.29, 1.82) is 0 Å². The van der Waals surface area contributed by atoms with Gasteiger partial charge in [0.15, 0.2) is 0 Å². The van der Waals surface area contributed by atoms with Crippen molar-refractivity contribution in [2.24, 2.45) is 7.05 Å². The Morgan fingerprint density at radius 2 is 2.20 bits per heavy atom. The zero-order chi connectivity index (χ0) is 11.0. The van der Waals surface area contributed by atoms with Crippen LogP contribution < -0.4 is 5.56 Å². The summed E-state index contributed by atoms with van der Waals surface area (Å²) >= 11 is 3.37. The summed E-state index contributed by atoms with van der Waals surface area (Å²) in [5, 5.41) is 0.665. The third-order valence-electron chi connectivity index (χ3n) is 2.45. The molecule has 15 heavy (non-hydrogen) atoms. The first-order valence-electron chi connectivity index (χ1n) is 4.78. The van der Waals surface area contributed by atoms with Gasteiger partial charge in [-0.3, -0.25) is 9.36 Å². The Kier molecular flexibility index (Phi) is 2.61. The highest BCUT2D eigenvalue weighted by molar-refractivity contribution is 9.10. The molecule has 0 aliphatic rings. The number of nitrogens with zero attached hydrogens (tertiary/aromatic N) is 2. The van der Waals surface area contributed by atoms with E-state index < -0.39 is 0 Å². The molecule has 0 saturated heterocycles. The van der Waals surface area contributed by atoms with Crippen LogP contribution >= 0.6 is 15.9 Å². The minimum Gasteiger partial charge on any atom is -0.299 e. The quantitative estimate of drug-likeness (QED) is 0.794. The summed E-state index contributed by atoms with van der Waals surface area (Å²) in [5.41, 5.74) is 0.772. The van der Waals surface area contributed by atoms with Gasteiger partial charge in [0.25, 0.3) is 5.56 Å². The molecule has 4 heteroatoms. The SMILES string of the molecule is CCc1nc2cc(Br)ccc2c(=O)n1C. The zero-order valence-electron chi connectivity index (χ0n) is 8.62. The fourth-order valence-corrected chi connectivity index (χ4v) is 1.96. The standard InChI is InChI=1S/C11H11BrN2O/c1-3-10-13-9-6-7(12)4-5-8(9)11(15)14(10)2/h4-6H,3H2,1-2H3. The van der Waals surface area contributed by atoms with Gasteiger partial charge in [-0.05, 0) is 18.2 Å². The third kappa shape index (κ3) is 1.69. The fraction of sp³-hybridized carbons (Fsp3) is 0.273. The van der Waals surface area contributed by atoms with Gasteiger partial charge in [0.05, 0.1) is 10.9 Å². The lowest BCUT2D eigenvalue weighted by Gasteiger charge is -2.06. The number of halogens is 1. The van der Waals surface area contributed by atoms with Crippen molar-refractivity contribution in [2.45, 2.75) is 13.3 Å². The molecule has 0 fully saturated rings. The molecule has 0 N–H and O–H groups in total. The summed E-state index contributed by atoms with van der Waals surface area (Å²) in [6.07, 6.45) is 0.758. The molecular formula is C11H11BrN2O. The predicted molar refractivity (Wildman–Crippen MR) is 64.1 cm³/mol. The lowest BCUT2D eigenvalue weighted by atomic mass is 10.2. The summed E-state index contributed by atoms with van der Waals surface area (Å²) in [6.45, 7) is 1.99. The summed E-state index contributed by atoms with van der Waals surface area (Å²) in [5.74, 6) is 0.811. The van der Waals surface area contributed by atoms with Crippen LogP contribution in [0.4, 0.5) is 0 Å². The van der Waals surface area contributed by atoms with Crippen molar-refractivity contribution in [2.75, 3.05) is 0 Å². The van der Waals surface area contributed by atoms with Crippen LogP contribution in [0.1, 0.15) is 12.7 Å². The van der Waals surface area contributed by atoms with Crippen molar-refractivity contribution in [3.05, 3.63) is 38.9 Å². The first kappa shape index (κ1) is 10.4. The number of hydrogen-bond acceptors (Lipinski definition) is 2. The second-order valence-corrected chi connectivity index (χ2v) is 4.32. The molecule has 0 saturated carbocycles. The molecule has 1 aromatic heterocycles. The van der Waals surface area contributed by atoms with E-state index in [4.69, 9.17) is 0 Å². The molecule has 2 aromatic rings. The maximum absolute atomic E-state index is 11.9. The van der Waals surface area contributed by atoms with E-state index in [-0.39, 0.29) is 5.56 Å². The van der Waals surface area contributed by atoms with Gasteiger partial charge in [0.2, 0.25) is 0 Å². The Balaban J connectivity index is 2.91. The van der Waals surface area contributed by atoms with E-state index in [2.05, 4.69) is 20.9 Å². The van der Waals surface area contributed by atoms with Crippen LogP contribution in [0, 0.1) is 0 Å². The van der Waals surface area contributed by atoms with Gasteiger partial charge in [-0.25, -0.2) is 4.98 Å². The second-order valence-electron chi connectivity index (χ2n) is 3.41. The lowest BCUT2D eigenvalue weighted by molar-refractivity contribution is 0.752. The molecule has 2 rings (SSSR count). The average Bonchev–Trinajstić information content (AvgIpc) is 2.23. The Hall–Kier alpha value is -1.16. The Morgan fingerprint density at radius 3 is 2.87 bits per heavy atom. The number of aryl methyl sites for hydroxylation is 1. The molecule has 0 aliphatic heterocycles. The maximum Gasteiger partial charge on any atom is 0.261 e. The third-order valence-corrected chi connectivity index (χ3v) is 2.94. The summed E-state index contributed by atoms with van der Waals surface area (Å²) in [6, 6.07) is 5.53. The van der Waals surface area contributed by atoms with Gasteiger partial charge >= 0.3 is 0 Å². The van der Waals surface area contributed by atoms with Crippen LogP contribution in [0.3, 0.4) is 0 Å². The number of benzene rings is 1. The van der Waals surface area contributed by atoms with Crippen molar-refractivity contribution >= 4 is 26.8 Å². The Labute approximate surface area is 95.9 Å². The van der Waals surface area contributed by atoms with Crippen LogP contribution in [0.2, 0.25) is 0 Å². The fourth-order valence-electron chi connectivity index (χ4n) is 1.61. The molecule has 78 valence electrons. The van der Waals surface area contributed by atoms with Crippen molar-refractivity contribution in [3.8, 4) is 0 Å². The number of hydrogen-bond donors (Lipinski definition) is 0. The van der Waals surface area contributed by atoms with Gasteiger partial charge in [-0.2, -0.15) is 0 Å². The zero-order valence-corrected chi connectivity index (χ0v) is 10.2. The number of rotatable bonds is 1. The average molecular weight is 267 g/mol. The van der Waals surface area contributed by atoms with Crippen LogP contribution in [0.15, 0.2) is 27.5 Å². The van der Waals surface area contributed by atoms with Gasteiger partial charge < -0.3 is 0 Å². The van der Waals surface area contributed by atoms with Crippen LogP contribution in [0.5, 0.6) is 0 Å². The van der Waals surface area contributed by atoms with Crippen LogP contribution in [-0.2, 0) is 13.5 Å². The highest BCUT2D eigenvalue weighted by Gasteiger charge is 2.06. The summed E-state index contributed by atoms with van der Waals surface area (Å²) in [7, 11) is 1.76. The van der Waals surface area contributed by atoms with E-state index in [0.717, 1.165) is 22.2 Å². The van der Waals surface area contributed by atoms with E-state index >= 15 is 0 Å². The van der Waals surface area contributed by atoms with Crippen LogP contribution in [-0.4, -0.2) is 9.55 Å². The van der Waals surface area contributed by atoms with E-state index in [9.17, 15) is 4.79 Å². The van der Waals surface area contributed by atoms with Crippen LogP contribution in [0.25, 0.3) is 10.9 Å². The Bertz CT molecular complexity index is 575. The molecule has 0 atom stereocenters. The smallest absolute Gasteiger partial charge is 0.261 e. The van der Waals surface area contributed by atoms with Crippen molar-refractivity contribution in [3.63, 3.8) is 0 Å². The molecule has 0 amide bonds. The normalized spacial score (nSPS) is 10.9. The predicted octanol–water partition coefficient (Wildman–Crippen LogP) is 2.26. The summed E-state index contributed by atoms with van der Waals surface area (Å²) < 4.78 is 2.55. The molecule has 3 nitrogen and oxygen atoms in total. The molecular weight excluding hydrogens is 256 g/mol. The van der Waals surface area contributed by atoms with E-state index in [1.54, 1.807) is 17.7 Å². The second kappa shape index (κ2) is 3.77. The van der Waals surface area contributed by atoms with Crippen molar-refractivity contribution < 1.29 is 0 Å². The van der Waals surface area contributed by atoms with Crippen molar-refractivity contribution in [1.82, 2.24) is 9.55 Å². The summed E-state index contributed by atoms with van der Waals surface area (Å²) in [4.78, 5) is 16.4. The minimum atomic E-state index is 0.0179. The lowest BCUT2D eigenvalue weighted by Crippen LogP contribution is -2.21. The first-order valence-corrected chi connectivity index (χ1v) is 5.58.